The van der Waals surface area contributed by atoms with Crippen LogP contribution in [0.25, 0.3) is 6.08 Å². The second-order valence-electron chi connectivity index (χ2n) is 9.44. The number of benzene rings is 4. The van der Waals surface area contributed by atoms with Gasteiger partial charge < -0.3 is 25.2 Å². The molecule has 11 heteroatoms. The zero-order valence-corrected chi connectivity index (χ0v) is 23.1. The summed E-state index contributed by atoms with van der Waals surface area (Å²) in [5.74, 6) is -2.10. The summed E-state index contributed by atoms with van der Waals surface area (Å²) in [6.45, 7) is -0.271. The first kappa shape index (κ1) is 31.5. The van der Waals surface area contributed by atoms with Crippen molar-refractivity contribution in [2.75, 3.05) is 6.61 Å². The molecule has 0 bridgehead atoms. The summed E-state index contributed by atoms with van der Waals surface area (Å²) in [7, 11) is 0. The molecule has 0 aliphatic carbocycles. The highest BCUT2D eigenvalue weighted by Crippen LogP contribution is 2.29. The van der Waals surface area contributed by atoms with Gasteiger partial charge in [-0.15, -0.1) is 0 Å². The average Bonchev–Trinajstić information content (AvgIpc) is 3.01. The smallest absolute Gasteiger partial charge is 0.416 e. The molecule has 3 N–H and O–H groups in total. The van der Waals surface area contributed by atoms with E-state index in [0.717, 1.165) is 29.8 Å². The Balaban J connectivity index is 1.53. The molecule has 4 aromatic rings. The van der Waals surface area contributed by atoms with Crippen LogP contribution in [-0.4, -0.2) is 35.5 Å². The fraction of sp³-hybridized carbons (Fsp3) is 0.121. The third kappa shape index (κ3) is 9.30. The molecule has 0 saturated carbocycles. The molecule has 0 heterocycles. The van der Waals surface area contributed by atoms with E-state index in [2.05, 4.69) is 10.6 Å². The third-order valence-corrected chi connectivity index (χ3v) is 6.14. The highest BCUT2D eigenvalue weighted by molar-refractivity contribution is 6.06. The predicted molar refractivity (Wildman–Crippen MR) is 156 cm³/mol. The maximum absolute atomic E-state index is 13.3. The van der Waals surface area contributed by atoms with Crippen LogP contribution in [0.5, 0.6) is 11.5 Å². The molecule has 2 amide bonds. The zero-order chi connectivity index (χ0) is 31.5. The fourth-order valence-corrected chi connectivity index (χ4v) is 3.87. The standard InChI is InChI=1S/C33H27F3N2O6/c34-33(35,36)25-15-13-24(14-16-25)30(39)37-28(19-22-11-17-27(18-12-22)44-26-9-5-2-6-10-26)31(40)38-29(32(41)42)21-43-20-23-7-3-1-4-8-23/h1-19,29H,20-21H2,(H,37,39)(H,38,40)(H,41,42)/b28-19+/t29-/m0/s1. The van der Waals surface area contributed by atoms with Gasteiger partial charge in [0.25, 0.3) is 11.8 Å². The first-order valence-electron chi connectivity index (χ1n) is 13.3. The largest absolute Gasteiger partial charge is 0.480 e. The van der Waals surface area contributed by atoms with Gasteiger partial charge in [-0.3, -0.25) is 9.59 Å². The van der Waals surface area contributed by atoms with E-state index in [-0.39, 0.29) is 24.5 Å². The number of carbonyl (C=O) groups excluding carboxylic acids is 2. The summed E-state index contributed by atoms with van der Waals surface area (Å²) in [5.41, 5.74) is -0.201. The Hall–Kier alpha value is -5.42. The molecule has 0 aromatic heterocycles. The number of rotatable bonds is 12. The Labute approximate surface area is 250 Å². The van der Waals surface area contributed by atoms with Gasteiger partial charge in [0.15, 0.2) is 6.04 Å². The van der Waals surface area contributed by atoms with Gasteiger partial charge in [-0.1, -0.05) is 60.7 Å². The van der Waals surface area contributed by atoms with Crippen LogP contribution in [0.1, 0.15) is 27.0 Å². The molecule has 0 fully saturated rings. The van der Waals surface area contributed by atoms with E-state index in [4.69, 9.17) is 9.47 Å². The molecule has 8 nitrogen and oxygen atoms in total. The van der Waals surface area contributed by atoms with Crippen molar-refractivity contribution in [1.82, 2.24) is 10.6 Å². The van der Waals surface area contributed by atoms with Crippen LogP contribution in [0.2, 0.25) is 0 Å². The minimum atomic E-state index is -4.59. The number of nitrogens with one attached hydrogen (secondary N) is 2. The van der Waals surface area contributed by atoms with Crippen molar-refractivity contribution in [1.29, 1.82) is 0 Å². The maximum Gasteiger partial charge on any atom is 0.416 e. The maximum atomic E-state index is 13.3. The van der Waals surface area contributed by atoms with Crippen LogP contribution in [0.4, 0.5) is 13.2 Å². The first-order valence-corrected chi connectivity index (χ1v) is 13.3. The second kappa shape index (κ2) is 14.7. The van der Waals surface area contributed by atoms with Gasteiger partial charge in [0.2, 0.25) is 0 Å². The monoisotopic (exact) mass is 604 g/mol. The normalized spacial score (nSPS) is 12.2. The van der Waals surface area contributed by atoms with Crippen molar-refractivity contribution in [3.05, 3.63) is 137 Å². The number of hydrogen-bond acceptors (Lipinski definition) is 5. The van der Waals surface area contributed by atoms with Gasteiger partial charge in [-0.25, -0.2) is 4.79 Å². The Kier molecular flexibility index (Phi) is 10.5. The highest BCUT2D eigenvalue weighted by Gasteiger charge is 2.30. The van der Waals surface area contributed by atoms with E-state index in [1.807, 2.05) is 24.3 Å². The molecule has 4 rings (SSSR count). The van der Waals surface area contributed by atoms with E-state index < -0.39 is 35.6 Å². The number of hydrogen-bond donors (Lipinski definition) is 3. The van der Waals surface area contributed by atoms with Gasteiger partial charge in [0.1, 0.15) is 17.2 Å². The quantitative estimate of drug-likeness (QED) is 0.170. The van der Waals surface area contributed by atoms with Crippen molar-refractivity contribution in [3.63, 3.8) is 0 Å². The van der Waals surface area contributed by atoms with Gasteiger partial charge >= 0.3 is 12.1 Å². The molecule has 0 saturated heterocycles. The Morgan fingerprint density at radius 2 is 1.39 bits per heavy atom. The Morgan fingerprint density at radius 3 is 1.98 bits per heavy atom. The summed E-state index contributed by atoms with van der Waals surface area (Å²) in [6.07, 6.45) is -3.29. The molecule has 0 radical (unpaired) electrons. The van der Waals surface area contributed by atoms with E-state index in [9.17, 15) is 32.7 Å². The molecule has 1 atom stereocenters. The molecule has 0 unspecified atom stereocenters. The molecule has 44 heavy (non-hydrogen) atoms. The van der Waals surface area contributed by atoms with Gasteiger partial charge in [0.05, 0.1) is 18.8 Å². The van der Waals surface area contributed by atoms with Crippen LogP contribution < -0.4 is 15.4 Å². The fourth-order valence-electron chi connectivity index (χ4n) is 3.87. The topological polar surface area (TPSA) is 114 Å². The summed E-state index contributed by atoms with van der Waals surface area (Å²) < 4.78 is 50.2. The highest BCUT2D eigenvalue weighted by atomic mass is 19.4. The molecule has 0 aliphatic rings. The van der Waals surface area contributed by atoms with Gasteiger partial charge in [0, 0.05) is 5.56 Å². The van der Waals surface area contributed by atoms with Crippen LogP contribution in [0.15, 0.2) is 115 Å². The summed E-state index contributed by atoms with van der Waals surface area (Å²) in [6, 6.07) is 26.4. The molecular weight excluding hydrogens is 577 g/mol. The van der Waals surface area contributed by atoms with Crippen molar-refractivity contribution in [2.24, 2.45) is 0 Å². The molecular formula is C33H27F3N2O6. The molecule has 226 valence electrons. The second-order valence-corrected chi connectivity index (χ2v) is 9.44. The lowest BCUT2D eigenvalue weighted by molar-refractivity contribution is -0.143. The minimum Gasteiger partial charge on any atom is -0.480 e. The zero-order valence-electron chi connectivity index (χ0n) is 23.1. The van der Waals surface area contributed by atoms with Crippen molar-refractivity contribution >= 4 is 23.9 Å². The van der Waals surface area contributed by atoms with Crippen LogP contribution in [-0.2, 0) is 27.1 Å². The lowest BCUT2D eigenvalue weighted by atomic mass is 10.1. The number of amides is 2. The van der Waals surface area contributed by atoms with Gasteiger partial charge in [-0.05, 0) is 65.7 Å². The van der Waals surface area contributed by atoms with Crippen LogP contribution >= 0.6 is 0 Å². The lowest BCUT2D eigenvalue weighted by Gasteiger charge is -2.17. The van der Waals surface area contributed by atoms with Crippen LogP contribution in [0, 0.1) is 0 Å². The number of halogens is 3. The summed E-state index contributed by atoms with van der Waals surface area (Å²) in [4.78, 5) is 38.1. The number of carbonyl (C=O) groups is 3. The minimum absolute atomic E-state index is 0.102. The van der Waals surface area contributed by atoms with E-state index in [0.29, 0.717) is 17.1 Å². The van der Waals surface area contributed by atoms with E-state index >= 15 is 0 Å². The van der Waals surface area contributed by atoms with Gasteiger partial charge in [-0.2, -0.15) is 13.2 Å². The third-order valence-electron chi connectivity index (χ3n) is 6.14. The number of alkyl halides is 3. The number of carboxylic acids is 1. The van der Waals surface area contributed by atoms with E-state index in [1.54, 1.807) is 60.7 Å². The molecule has 0 spiro atoms. The number of aliphatic carboxylic acids is 1. The van der Waals surface area contributed by atoms with Crippen molar-refractivity contribution in [3.8, 4) is 11.5 Å². The lowest BCUT2D eigenvalue weighted by Crippen LogP contribution is -2.46. The summed E-state index contributed by atoms with van der Waals surface area (Å²) in [5, 5.41) is 14.4. The SMILES string of the molecule is O=C(N[C@@H](COCc1ccccc1)C(=O)O)/C(=C\c1ccc(Oc2ccccc2)cc1)NC(=O)c1ccc(C(F)(F)F)cc1. The van der Waals surface area contributed by atoms with Crippen molar-refractivity contribution in [2.45, 2.75) is 18.8 Å². The average molecular weight is 605 g/mol. The number of ether oxygens (including phenoxy) is 2. The number of para-hydroxylation sites is 1. The Bertz CT molecular complexity index is 1590. The Morgan fingerprint density at radius 1 is 0.795 bits per heavy atom. The summed E-state index contributed by atoms with van der Waals surface area (Å²) >= 11 is 0. The first-order chi connectivity index (χ1) is 21.1. The van der Waals surface area contributed by atoms with Crippen molar-refractivity contribution < 1.29 is 42.1 Å². The van der Waals surface area contributed by atoms with Crippen LogP contribution in [0.3, 0.4) is 0 Å². The molecule has 0 aliphatic heterocycles. The predicted octanol–water partition coefficient (Wildman–Crippen LogP) is 6.05. The van der Waals surface area contributed by atoms with E-state index in [1.165, 1.54) is 6.08 Å². The number of carboxylic acid groups (broad SMARTS) is 1. The molecule has 4 aromatic carbocycles.